The third-order valence-electron chi connectivity index (χ3n) is 1.96. The van der Waals surface area contributed by atoms with Gasteiger partial charge < -0.3 is 10.2 Å². The third-order valence-corrected chi connectivity index (χ3v) is 2.67. The third kappa shape index (κ3) is 3.24. The molecule has 0 aromatic heterocycles. The summed E-state index contributed by atoms with van der Waals surface area (Å²) in [5.74, 6) is 0.340. The zero-order chi connectivity index (χ0) is 10.6. The largest absolute Gasteiger partial charge is 0.390 e. The second kappa shape index (κ2) is 5.71. The van der Waals surface area contributed by atoms with E-state index in [2.05, 4.69) is 15.9 Å². The van der Waals surface area contributed by atoms with Crippen molar-refractivity contribution in [3.05, 3.63) is 34.3 Å². The zero-order valence-electron chi connectivity index (χ0n) is 7.53. The number of benzene rings is 1. The van der Waals surface area contributed by atoms with E-state index in [1.807, 2.05) is 12.1 Å². The molecule has 0 fully saturated rings. The van der Waals surface area contributed by atoms with Crippen LogP contribution in [0.25, 0.3) is 0 Å². The van der Waals surface area contributed by atoms with Crippen LogP contribution in [0.2, 0.25) is 0 Å². The maximum Gasteiger partial charge on any atom is 0.105 e. The lowest BCUT2D eigenvalue weighted by atomic mass is 10.0. The molecule has 0 aliphatic carbocycles. The van der Waals surface area contributed by atoms with Crippen molar-refractivity contribution >= 4 is 27.5 Å². The first kappa shape index (κ1) is 12.0. The van der Waals surface area contributed by atoms with Gasteiger partial charge in [0.2, 0.25) is 0 Å². The molecule has 14 heavy (non-hydrogen) atoms. The lowest BCUT2D eigenvalue weighted by Crippen LogP contribution is -2.18. The highest BCUT2D eigenvalue weighted by Crippen LogP contribution is 2.22. The van der Waals surface area contributed by atoms with E-state index in [0.717, 1.165) is 4.47 Å². The van der Waals surface area contributed by atoms with Crippen molar-refractivity contribution in [1.82, 2.24) is 0 Å². The SMILES string of the molecule is OC(CCCl)C(O)c1cccc(Br)c1. The fraction of sp³-hybridized carbons (Fsp3) is 0.400. The molecule has 2 N–H and O–H groups in total. The molecule has 78 valence electrons. The summed E-state index contributed by atoms with van der Waals surface area (Å²) in [5, 5.41) is 19.2. The molecule has 0 saturated carbocycles. The molecule has 1 aromatic rings. The van der Waals surface area contributed by atoms with Gasteiger partial charge in [-0.2, -0.15) is 0 Å². The lowest BCUT2D eigenvalue weighted by Gasteiger charge is -2.17. The van der Waals surface area contributed by atoms with Gasteiger partial charge >= 0.3 is 0 Å². The van der Waals surface area contributed by atoms with E-state index >= 15 is 0 Å². The highest BCUT2D eigenvalue weighted by atomic mass is 79.9. The molecule has 0 spiro atoms. The van der Waals surface area contributed by atoms with Crippen LogP contribution in [0.3, 0.4) is 0 Å². The lowest BCUT2D eigenvalue weighted by molar-refractivity contribution is 0.0170. The Morgan fingerprint density at radius 3 is 2.64 bits per heavy atom. The molecule has 1 rings (SSSR count). The Kier molecular flexibility index (Phi) is 4.89. The maximum atomic E-state index is 9.72. The molecule has 0 aliphatic rings. The molecule has 0 saturated heterocycles. The first-order valence-corrected chi connectivity index (χ1v) is 5.65. The highest BCUT2D eigenvalue weighted by Gasteiger charge is 2.17. The molecule has 0 aliphatic heterocycles. The first-order valence-electron chi connectivity index (χ1n) is 4.32. The maximum absolute atomic E-state index is 9.72. The Morgan fingerprint density at radius 2 is 2.07 bits per heavy atom. The van der Waals surface area contributed by atoms with Crippen molar-refractivity contribution in [3.63, 3.8) is 0 Å². The van der Waals surface area contributed by atoms with Gasteiger partial charge in [-0.05, 0) is 24.1 Å². The average molecular weight is 280 g/mol. The Bertz CT molecular complexity index is 293. The van der Waals surface area contributed by atoms with Crippen LogP contribution in [0.5, 0.6) is 0 Å². The quantitative estimate of drug-likeness (QED) is 0.831. The van der Waals surface area contributed by atoms with E-state index in [0.29, 0.717) is 17.9 Å². The van der Waals surface area contributed by atoms with Crippen LogP contribution in [0.4, 0.5) is 0 Å². The van der Waals surface area contributed by atoms with Crippen molar-refractivity contribution in [3.8, 4) is 0 Å². The molecule has 0 heterocycles. The van der Waals surface area contributed by atoms with Crippen molar-refractivity contribution in [2.45, 2.75) is 18.6 Å². The minimum absolute atomic E-state index is 0.340. The summed E-state index contributed by atoms with van der Waals surface area (Å²) in [6, 6.07) is 7.23. The standard InChI is InChI=1S/C10H12BrClO2/c11-8-3-1-2-7(6-8)10(14)9(13)4-5-12/h1-3,6,9-10,13-14H,4-5H2. The summed E-state index contributed by atoms with van der Waals surface area (Å²) in [4.78, 5) is 0. The van der Waals surface area contributed by atoms with Crippen LogP contribution in [0.1, 0.15) is 18.1 Å². The highest BCUT2D eigenvalue weighted by molar-refractivity contribution is 9.10. The molecular formula is C10H12BrClO2. The fourth-order valence-electron chi connectivity index (χ4n) is 1.18. The molecular weight excluding hydrogens is 267 g/mol. The minimum atomic E-state index is -0.869. The number of rotatable bonds is 4. The van der Waals surface area contributed by atoms with E-state index in [4.69, 9.17) is 11.6 Å². The molecule has 0 amide bonds. The summed E-state index contributed by atoms with van der Waals surface area (Å²) in [6.07, 6.45) is -1.29. The van der Waals surface area contributed by atoms with Crippen LogP contribution >= 0.6 is 27.5 Å². The van der Waals surface area contributed by atoms with E-state index < -0.39 is 12.2 Å². The number of aliphatic hydroxyl groups excluding tert-OH is 2. The second-order valence-corrected chi connectivity index (χ2v) is 4.34. The molecule has 0 bridgehead atoms. The monoisotopic (exact) mass is 278 g/mol. The van der Waals surface area contributed by atoms with Gasteiger partial charge in [-0.3, -0.25) is 0 Å². The van der Waals surface area contributed by atoms with Gasteiger partial charge in [0.1, 0.15) is 6.10 Å². The number of hydrogen-bond acceptors (Lipinski definition) is 2. The predicted octanol–water partition coefficient (Wildman–Crippen LogP) is 2.47. The van der Waals surface area contributed by atoms with Crippen molar-refractivity contribution in [2.24, 2.45) is 0 Å². The van der Waals surface area contributed by atoms with Gasteiger partial charge in [0.25, 0.3) is 0 Å². The van der Waals surface area contributed by atoms with E-state index in [1.54, 1.807) is 12.1 Å². The Hall–Kier alpha value is -0.0900. The van der Waals surface area contributed by atoms with Gasteiger partial charge in [0.05, 0.1) is 6.10 Å². The van der Waals surface area contributed by atoms with Gasteiger partial charge in [-0.1, -0.05) is 28.1 Å². The molecule has 0 radical (unpaired) electrons. The number of hydrogen-bond donors (Lipinski definition) is 2. The Balaban J connectivity index is 2.73. The smallest absolute Gasteiger partial charge is 0.105 e. The van der Waals surface area contributed by atoms with E-state index in [-0.39, 0.29) is 0 Å². The van der Waals surface area contributed by atoms with E-state index in [1.165, 1.54) is 0 Å². The number of aliphatic hydroxyl groups is 2. The van der Waals surface area contributed by atoms with Gasteiger partial charge in [0.15, 0.2) is 0 Å². The van der Waals surface area contributed by atoms with Crippen LogP contribution in [-0.4, -0.2) is 22.2 Å². The first-order chi connectivity index (χ1) is 6.65. The second-order valence-electron chi connectivity index (χ2n) is 3.04. The molecule has 1 aromatic carbocycles. The zero-order valence-corrected chi connectivity index (χ0v) is 9.87. The van der Waals surface area contributed by atoms with Crippen LogP contribution in [-0.2, 0) is 0 Å². The average Bonchev–Trinajstić information content (AvgIpc) is 2.17. The fourth-order valence-corrected chi connectivity index (χ4v) is 1.82. The summed E-state index contributed by atoms with van der Waals surface area (Å²) in [5.41, 5.74) is 0.692. The normalized spacial score (nSPS) is 15.1. The van der Waals surface area contributed by atoms with Gasteiger partial charge in [-0.25, -0.2) is 0 Å². The van der Waals surface area contributed by atoms with Crippen molar-refractivity contribution in [2.75, 3.05) is 5.88 Å². The summed E-state index contributed by atoms with van der Waals surface area (Å²) in [6.45, 7) is 0. The molecule has 2 atom stereocenters. The molecule has 4 heteroatoms. The number of halogens is 2. The minimum Gasteiger partial charge on any atom is -0.390 e. The summed E-state index contributed by atoms with van der Waals surface area (Å²) in [7, 11) is 0. The van der Waals surface area contributed by atoms with Crippen LogP contribution in [0, 0.1) is 0 Å². The molecule has 2 unspecified atom stereocenters. The van der Waals surface area contributed by atoms with Gasteiger partial charge in [0, 0.05) is 10.4 Å². The Morgan fingerprint density at radius 1 is 1.36 bits per heavy atom. The van der Waals surface area contributed by atoms with Crippen LogP contribution in [0.15, 0.2) is 28.7 Å². The summed E-state index contributed by atoms with van der Waals surface area (Å²) < 4.78 is 0.882. The molecule has 2 nitrogen and oxygen atoms in total. The van der Waals surface area contributed by atoms with E-state index in [9.17, 15) is 10.2 Å². The number of alkyl halides is 1. The Labute approximate surface area is 96.7 Å². The van der Waals surface area contributed by atoms with Gasteiger partial charge in [-0.15, -0.1) is 11.6 Å². The van der Waals surface area contributed by atoms with Crippen molar-refractivity contribution < 1.29 is 10.2 Å². The van der Waals surface area contributed by atoms with Crippen LogP contribution < -0.4 is 0 Å². The van der Waals surface area contributed by atoms with Crippen molar-refractivity contribution in [1.29, 1.82) is 0 Å². The topological polar surface area (TPSA) is 40.5 Å². The predicted molar refractivity (Wildman–Crippen MR) is 60.4 cm³/mol. The summed E-state index contributed by atoms with van der Waals surface area (Å²) >= 11 is 8.78.